The first-order valence-electron chi connectivity index (χ1n) is 6.95. The lowest BCUT2D eigenvalue weighted by atomic mass is 10.00. The molecule has 0 saturated carbocycles. The average molecular weight is 271 g/mol. The Morgan fingerprint density at radius 1 is 0.571 bits per heavy atom. The van der Waals surface area contributed by atoms with E-state index in [9.17, 15) is 5.21 Å². The molecule has 0 unspecified atom stereocenters. The van der Waals surface area contributed by atoms with Crippen LogP contribution in [0, 0.1) is 5.21 Å². The topological polar surface area (TPSA) is 26.9 Å². The Hall–Kier alpha value is -2.87. The maximum absolute atomic E-state index is 12.9. The van der Waals surface area contributed by atoms with Gasteiger partial charge in [0.15, 0.2) is 0 Å². The molecule has 2 nitrogen and oxygen atoms in total. The lowest BCUT2D eigenvalue weighted by Crippen LogP contribution is -2.30. The largest absolute Gasteiger partial charge is 0.618 e. The molecule has 1 heterocycles. The van der Waals surface area contributed by atoms with Crippen LogP contribution in [0.3, 0.4) is 0 Å². The van der Waals surface area contributed by atoms with Crippen molar-refractivity contribution in [2.75, 3.05) is 0 Å². The molecule has 0 spiro atoms. The number of hydrogen-bond donors (Lipinski definition) is 0. The number of aromatic nitrogens is 1. The molecule has 100 valence electrons. The zero-order valence-electron chi connectivity index (χ0n) is 11.4. The van der Waals surface area contributed by atoms with Crippen LogP contribution in [-0.2, 0) is 0 Å². The van der Waals surface area contributed by atoms with Crippen molar-refractivity contribution >= 4 is 21.7 Å². The van der Waals surface area contributed by atoms with Gasteiger partial charge in [-0.2, -0.15) is 4.73 Å². The number of hydrogen-bond acceptors (Lipinski definition) is 1. The molecule has 0 bridgehead atoms. The summed E-state index contributed by atoms with van der Waals surface area (Å²) in [5, 5.41) is 15.9. The number of para-hydroxylation sites is 1. The van der Waals surface area contributed by atoms with Gasteiger partial charge in [-0.25, -0.2) is 0 Å². The molecule has 0 aliphatic rings. The average Bonchev–Trinajstić information content (AvgIpc) is 2.56. The summed E-state index contributed by atoms with van der Waals surface area (Å²) in [6.45, 7) is 0. The number of pyridine rings is 1. The van der Waals surface area contributed by atoms with Crippen LogP contribution in [0.25, 0.3) is 32.9 Å². The van der Waals surface area contributed by atoms with Gasteiger partial charge < -0.3 is 5.21 Å². The number of nitrogens with zero attached hydrogens (tertiary/aromatic N) is 1. The highest BCUT2D eigenvalue weighted by atomic mass is 16.5. The van der Waals surface area contributed by atoms with E-state index >= 15 is 0 Å². The smallest absolute Gasteiger partial charge is 0.232 e. The van der Waals surface area contributed by atoms with Crippen LogP contribution in [0.1, 0.15) is 0 Å². The minimum Gasteiger partial charge on any atom is -0.618 e. The van der Waals surface area contributed by atoms with Gasteiger partial charge in [0, 0.05) is 17.0 Å². The second-order valence-electron chi connectivity index (χ2n) is 5.07. The fraction of sp³-hybridized carbons (Fsp3) is 0. The Morgan fingerprint density at radius 3 is 1.90 bits per heavy atom. The van der Waals surface area contributed by atoms with Crippen LogP contribution in [0.5, 0.6) is 0 Å². The highest BCUT2D eigenvalue weighted by Gasteiger charge is 2.18. The molecule has 0 saturated heterocycles. The van der Waals surface area contributed by atoms with Gasteiger partial charge in [-0.1, -0.05) is 48.5 Å². The Kier molecular flexibility index (Phi) is 2.61. The lowest BCUT2D eigenvalue weighted by molar-refractivity contribution is -0.563. The van der Waals surface area contributed by atoms with Crippen molar-refractivity contribution in [2.24, 2.45) is 0 Å². The van der Waals surface area contributed by atoms with Crippen molar-refractivity contribution in [2.45, 2.75) is 0 Å². The maximum atomic E-state index is 12.9. The Balaban J connectivity index is 2.26. The van der Waals surface area contributed by atoms with Gasteiger partial charge in [-0.15, -0.1) is 0 Å². The molecule has 0 N–H and O–H groups in total. The molecule has 4 aromatic rings. The van der Waals surface area contributed by atoms with Crippen LogP contribution < -0.4 is 4.73 Å². The minimum atomic E-state index is 0.704. The van der Waals surface area contributed by atoms with Gasteiger partial charge in [0.2, 0.25) is 11.2 Å². The van der Waals surface area contributed by atoms with Crippen LogP contribution in [0.15, 0.2) is 78.9 Å². The van der Waals surface area contributed by atoms with Crippen molar-refractivity contribution in [3.8, 4) is 11.3 Å². The van der Waals surface area contributed by atoms with Crippen LogP contribution in [0.4, 0.5) is 0 Å². The normalized spacial score (nSPS) is 11.0. The summed E-state index contributed by atoms with van der Waals surface area (Å²) in [6, 6.07) is 25.7. The summed E-state index contributed by atoms with van der Waals surface area (Å²) in [7, 11) is 0. The monoisotopic (exact) mass is 271 g/mol. The predicted octanol–water partition coefficient (Wildman–Crippen LogP) is 4.29. The molecular formula is C19H13NO. The Labute approximate surface area is 122 Å². The molecule has 3 aromatic carbocycles. The van der Waals surface area contributed by atoms with E-state index in [1.807, 2.05) is 72.8 Å². The second kappa shape index (κ2) is 4.60. The molecule has 0 amide bonds. The second-order valence-corrected chi connectivity index (χ2v) is 5.07. The van der Waals surface area contributed by atoms with Crippen molar-refractivity contribution in [1.82, 2.24) is 0 Å². The van der Waals surface area contributed by atoms with Crippen LogP contribution in [-0.4, -0.2) is 0 Å². The molecule has 0 atom stereocenters. The van der Waals surface area contributed by atoms with E-state index in [1.165, 1.54) is 0 Å². The van der Waals surface area contributed by atoms with Gasteiger partial charge >= 0.3 is 0 Å². The van der Waals surface area contributed by atoms with Crippen LogP contribution in [0.2, 0.25) is 0 Å². The molecule has 21 heavy (non-hydrogen) atoms. The van der Waals surface area contributed by atoms with E-state index in [4.69, 9.17) is 0 Å². The van der Waals surface area contributed by atoms with Gasteiger partial charge in [-0.05, 0) is 24.3 Å². The number of benzene rings is 3. The van der Waals surface area contributed by atoms with Gasteiger partial charge in [0.1, 0.15) is 0 Å². The van der Waals surface area contributed by atoms with Crippen molar-refractivity contribution in [3.05, 3.63) is 84.1 Å². The van der Waals surface area contributed by atoms with E-state index in [-0.39, 0.29) is 0 Å². The number of fused-ring (bicyclic) bond motifs is 3. The molecule has 0 aliphatic heterocycles. The fourth-order valence-corrected chi connectivity index (χ4v) is 2.90. The van der Waals surface area contributed by atoms with E-state index in [0.717, 1.165) is 26.5 Å². The summed E-state index contributed by atoms with van der Waals surface area (Å²) in [6.07, 6.45) is 0. The van der Waals surface area contributed by atoms with Crippen molar-refractivity contribution in [1.29, 1.82) is 0 Å². The SMILES string of the molecule is [O-][n+]1c(-c2ccccc2)c2ccccc2c2ccccc21. The molecule has 0 aliphatic carbocycles. The lowest BCUT2D eigenvalue weighted by Gasteiger charge is -2.12. The maximum Gasteiger partial charge on any atom is 0.232 e. The predicted molar refractivity (Wildman–Crippen MR) is 85.9 cm³/mol. The van der Waals surface area contributed by atoms with Gasteiger partial charge in [0.05, 0.1) is 10.8 Å². The third-order valence-electron chi connectivity index (χ3n) is 3.85. The zero-order valence-corrected chi connectivity index (χ0v) is 11.4. The van der Waals surface area contributed by atoms with E-state index in [0.29, 0.717) is 11.2 Å². The summed E-state index contributed by atoms with van der Waals surface area (Å²) in [4.78, 5) is 0. The van der Waals surface area contributed by atoms with Crippen LogP contribution >= 0.6 is 0 Å². The molecular weight excluding hydrogens is 258 g/mol. The first-order chi connectivity index (χ1) is 10.4. The highest BCUT2D eigenvalue weighted by molar-refractivity contribution is 6.08. The number of rotatable bonds is 1. The quantitative estimate of drug-likeness (QED) is 0.288. The van der Waals surface area contributed by atoms with E-state index < -0.39 is 0 Å². The van der Waals surface area contributed by atoms with Gasteiger partial charge in [-0.3, -0.25) is 0 Å². The fourth-order valence-electron chi connectivity index (χ4n) is 2.90. The Morgan fingerprint density at radius 2 is 1.14 bits per heavy atom. The summed E-state index contributed by atoms with van der Waals surface area (Å²) >= 11 is 0. The molecule has 0 fully saturated rings. The first-order valence-corrected chi connectivity index (χ1v) is 6.95. The summed E-state index contributed by atoms with van der Waals surface area (Å²) in [5.41, 5.74) is 2.36. The van der Waals surface area contributed by atoms with E-state index in [1.54, 1.807) is 0 Å². The molecule has 0 radical (unpaired) electrons. The summed E-state index contributed by atoms with van der Waals surface area (Å²) in [5.74, 6) is 0. The minimum absolute atomic E-state index is 0.704. The van der Waals surface area contributed by atoms with Gasteiger partial charge in [0.25, 0.3) is 0 Å². The molecule has 1 aromatic heterocycles. The first kappa shape index (κ1) is 11.9. The standard InChI is InChI=1S/C19H13NO/c21-20-18-13-7-6-11-16(18)15-10-4-5-12-17(15)19(20)14-8-2-1-3-9-14/h1-13H. The third-order valence-corrected chi connectivity index (χ3v) is 3.85. The summed E-state index contributed by atoms with van der Waals surface area (Å²) < 4.78 is 1.05. The van der Waals surface area contributed by atoms with E-state index in [2.05, 4.69) is 6.07 Å². The zero-order chi connectivity index (χ0) is 14.2. The third kappa shape index (κ3) is 1.77. The Bertz CT molecular complexity index is 945. The highest BCUT2D eigenvalue weighted by Crippen LogP contribution is 2.30. The van der Waals surface area contributed by atoms with Crippen molar-refractivity contribution in [3.63, 3.8) is 0 Å². The van der Waals surface area contributed by atoms with Crippen molar-refractivity contribution < 1.29 is 4.73 Å². The molecule has 4 rings (SSSR count). The molecule has 2 heteroatoms.